The minimum Gasteiger partial charge on any atom is -0.385 e. The van der Waals surface area contributed by atoms with Crippen LogP contribution in [0.4, 0.5) is 4.79 Å². The lowest BCUT2D eigenvalue weighted by molar-refractivity contribution is 0.206. The highest BCUT2D eigenvalue weighted by molar-refractivity contribution is 6.03. The number of amides is 2. The van der Waals surface area contributed by atoms with Gasteiger partial charge in [0, 0.05) is 6.54 Å². The van der Waals surface area contributed by atoms with E-state index in [1.54, 1.807) is 4.90 Å². The van der Waals surface area contributed by atoms with Crippen LogP contribution in [0.2, 0.25) is 0 Å². The van der Waals surface area contributed by atoms with Gasteiger partial charge in [-0.3, -0.25) is 0 Å². The van der Waals surface area contributed by atoms with Crippen LogP contribution in [0.5, 0.6) is 0 Å². The van der Waals surface area contributed by atoms with Crippen LogP contribution in [-0.2, 0) is 0 Å². The van der Waals surface area contributed by atoms with Crippen LogP contribution in [0.25, 0.3) is 0 Å². The zero-order chi connectivity index (χ0) is 14.2. The van der Waals surface area contributed by atoms with Crippen LogP contribution in [0.15, 0.2) is 17.1 Å². The molecule has 1 aliphatic rings. The van der Waals surface area contributed by atoms with Crippen molar-refractivity contribution in [2.45, 2.75) is 40.2 Å². The van der Waals surface area contributed by atoms with Crippen LogP contribution >= 0.6 is 0 Å². The Morgan fingerprint density at radius 3 is 2.47 bits per heavy atom. The molecule has 1 heterocycles. The van der Waals surface area contributed by atoms with Crippen molar-refractivity contribution in [3.8, 4) is 0 Å². The molecule has 0 aliphatic carbocycles. The van der Waals surface area contributed by atoms with Gasteiger partial charge in [0.25, 0.3) is 0 Å². The number of amidine groups is 1. The maximum Gasteiger partial charge on any atom is 0.346 e. The van der Waals surface area contributed by atoms with E-state index in [9.17, 15) is 4.79 Å². The summed E-state index contributed by atoms with van der Waals surface area (Å²) in [5.74, 6) is 0.407. The summed E-state index contributed by atoms with van der Waals surface area (Å²) in [4.78, 5) is 17.6. The molecule has 4 nitrogen and oxygen atoms in total. The normalized spacial score (nSPS) is 18.9. The second kappa shape index (κ2) is 5.03. The highest BCUT2D eigenvalue weighted by atomic mass is 16.2. The number of hydrogen-bond acceptors (Lipinski definition) is 2. The fourth-order valence-electron chi connectivity index (χ4n) is 2.58. The first-order valence-electron chi connectivity index (χ1n) is 6.68. The number of nitrogens with zero attached hydrogens (tertiary/aromatic N) is 2. The number of rotatable bonds is 3. The van der Waals surface area contributed by atoms with Gasteiger partial charge in [0.15, 0.2) is 0 Å². The Morgan fingerprint density at radius 2 is 1.84 bits per heavy atom. The molecule has 0 saturated heterocycles. The van der Waals surface area contributed by atoms with Crippen LogP contribution in [0.1, 0.15) is 41.6 Å². The fourth-order valence-corrected chi connectivity index (χ4v) is 2.58. The van der Waals surface area contributed by atoms with Gasteiger partial charge in [-0.1, -0.05) is 19.1 Å². The number of carbonyl (C=O) groups is 1. The van der Waals surface area contributed by atoms with Gasteiger partial charge in [0.05, 0.1) is 0 Å². The molecule has 1 atom stereocenters. The molecule has 0 fully saturated rings. The molecule has 102 valence electrons. The van der Waals surface area contributed by atoms with E-state index < -0.39 is 0 Å². The minimum absolute atomic E-state index is 0.202. The third kappa shape index (κ3) is 2.35. The monoisotopic (exact) mass is 259 g/mol. The number of hydrogen-bond donors (Lipinski definition) is 1. The van der Waals surface area contributed by atoms with Crippen LogP contribution in [0, 0.1) is 20.8 Å². The molecular formula is C15H21N3O. The van der Waals surface area contributed by atoms with Gasteiger partial charge in [-0.2, -0.15) is 4.99 Å². The maximum atomic E-state index is 11.9. The molecule has 2 N–H and O–H groups in total. The average Bonchev–Trinajstić information content (AvgIpc) is 2.60. The van der Waals surface area contributed by atoms with E-state index in [1.807, 2.05) is 6.92 Å². The van der Waals surface area contributed by atoms with Gasteiger partial charge < -0.3 is 10.6 Å². The molecule has 4 heteroatoms. The second-order valence-electron chi connectivity index (χ2n) is 5.21. The largest absolute Gasteiger partial charge is 0.385 e. The third-order valence-electron chi connectivity index (χ3n) is 3.70. The molecule has 0 bridgehead atoms. The standard InChI is InChI=1S/C15H21N3O/c1-5-6-18-13(14(16)17-15(18)19)12-8-10(3)9(2)7-11(12)4/h7-8,13H,5-6H2,1-4H3,(H2,16,17,19). The topological polar surface area (TPSA) is 58.7 Å². The fraction of sp³-hybridized carbons (Fsp3) is 0.467. The summed E-state index contributed by atoms with van der Waals surface area (Å²) in [6.45, 7) is 8.95. The SMILES string of the molecule is CCCN1C(=O)N=C(N)C1c1cc(C)c(C)cc1C. The molecule has 0 saturated carbocycles. The summed E-state index contributed by atoms with van der Waals surface area (Å²) >= 11 is 0. The lowest BCUT2D eigenvalue weighted by Gasteiger charge is -2.26. The number of benzene rings is 1. The number of urea groups is 1. The van der Waals surface area contributed by atoms with Crippen molar-refractivity contribution in [3.63, 3.8) is 0 Å². The van der Waals surface area contributed by atoms with Gasteiger partial charge in [0.1, 0.15) is 11.9 Å². The zero-order valence-electron chi connectivity index (χ0n) is 12.0. The van der Waals surface area contributed by atoms with Gasteiger partial charge in [0.2, 0.25) is 0 Å². The average molecular weight is 259 g/mol. The third-order valence-corrected chi connectivity index (χ3v) is 3.70. The molecule has 2 amide bonds. The first kappa shape index (κ1) is 13.6. The zero-order valence-corrected chi connectivity index (χ0v) is 12.0. The number of nitrogens with two attached hydrogens (primary N) is 1. The predicted octanol–water partition coefficient (Wildman–Crippen LogP) is 2.86. The molecule has 1 unspecified atom stereocenters. The first-order valence-corrected chi connectivity index (χ1v) is 6.68. The second-order valence-corrected chi connectivity index (χ2v) is 5.21. The van der Waals surface area contributed by atoms with Gasteiger partial charge in [-0.15, -0.1) is 0 Å². The predicted molar refractivity (Wildman–Crippen MR) is 77.4 cm³/mol. The van der Waals surface area contributed by atoms with Crippen molar-refractivity contribution in [2.24, 2.45) is 10.7 Å². The smallest absolute Gasteiger partial charge is 0.346 e. The van der Waals surface area contributed by atoms with Crippen molar-refractivity contribution >= 4 is 11.9 Å². The van der Waals surface area contributed by atoms with E-state index in [0.29, 0.717) is 12.4 Å². The van der Waals surface area contributed by atoms with Gasteiger partial charge in [-0.05, 0) is 49.4 Å². The summed E-state index contributed by atoms with van der Waals surface area (Å²) in [5, 5.41) is 0. The summed E-state index contributed by atoms with van der Waals surface area (Å²) in [6, 6.07) is 3.85. The summed E-state index contributed by atoms with van der Waals surface area (Å²) in [6.07, 6.45) is 0.898. The molecule has 0 aromatic heterocycles. The van der Waals surface area contributed by atoms with Crippen molar-refractivity contribution < 1.29 is 4.79 Å². The molecule has 0 radical (unpaired) electrons. The highest BCUT2D eigenvalue weighted by Gasteiger charge is 2.34. The minimum atomic E-state index is -0.220. The Morgan fingerprint density at radius 1 is 1.21 bits per heavy atom. The highest BCUT2D eigenvalue weighted by Crippen LogP contribution is 2.30. The van der Waals surface area contributed by atoms with E-state index >= 15 is 0 Å². The van der Waals surface area contributed by atoms with E-state index in [2.05, 4.69) is 37.9 Å². The van der Waals surface area contributed by atoms with E-state index in [0.717, 1.165) is 17.5 Å². The number of aliphatic imine (C=N–C) groups is 1. The molecule has 0 spiro atoms. The Kier molecular flexibility index (Phi) is 3.60. The Balaban J connectivity index is 2.47. The molecule has 1 aromatic rings. The Bertz CT molecular complexity index is 549. The molecular weight excluding hydrogens is 238 g/mol. The quantitative estimate of drug-likeness (QED) is 0.907. The van der Waals surface area contributed by atoms with E-state index in [4.69, 9.17) is 5.73 Å². The van der Waals surface area contributed by atoms with Crippen LogP contribution < -0.4 is 5.73 Å². The van der Waals surface area contributed by atoms with Crippen molar-refractivity contribution in [1.82, 2.24) is 4.90 Å². The van der Waals surface area contributed by atoms with Gasteiger partial charge >= 0.3 is 6.03 Å². The van der Waals surface area contributed by atoms with E-state index in [1.165, 1.54) is 11.1 Å². The van der Waals surface area contributed by atoms with Crippen LogP contribution in [0.3, 0.4) is 0 Å². The maximum absolute atomic E-state index is 11.9. The Labute approximate surface area is 114 Å². The molecule has 2 rings (SSSR count). The summed E-state index contributed by atoms with van der Waals surface area (Å²) in [7, 11) is 0. The first-order chi connectivity index (χ1) is 8.95. The van der Waals surface area contributed by atoms with Crippen molar-refractivity contribution in [1.29, 1.82) is 0 Å². The van der Waals surface area contributed by atoms with Gasteiger partial charge in [-0.25, -0.2) is 4.79 Å². The number of aryl methyl sites for hydroxylation is 3. The molecule has 1 aliphatic heterocycles. The molecule has 1 aromatic carbocycles. The summed E-state index contributed by atoms with van der Waals surface area (Å²) < 4.78 is 0. The van der Waals surface area contributed by atoms with Crippen molar-refractivity contribution in [3.05, 3.63) is 34.4 Å². The lowest BCUT2D eigenvalue weighted by atomic mass is 9.94. The lowest BCUT2D eigenvalue weighted by Crippen LogP contribution is -2.34. The Hall–Kier alpha value is -1.84. The van der Waals surface area contributed by atoms with E-state index in [-0.39, 0.29) is 12.1 Å². The molecule has 19 heavy (non-hydrogen) atoms. The number of carbonyl (C=O) groups excluding carboxylic acids is 1. The van der Waals surface area contributed by atoms with Crippen molar-refractivity contribution in [2.75, 3.05) is 6.54 Å². The van der Waals surface area contributed by atoms with Crippen LogP contribution in [-0.4, -0.2) is 23.3 Å². The summed E-state index contributed by atoms with van der Waals surface area (Å²) in [5.41, 5.74) is 10.7.